The standard InChI is InChI=1S/C15H11FINO3/c1-8-4-2-5-9(13(8)17)14(19)18-11-7-3-6-10(16)12(11)15(20)21/h2-7H,1H3,(H,18,19)(H,20,21). The molecular formula is C15H11FINO3. The Morgan fingerprint density at radius 3 is 2.52 bits per heavy atom. The molecule has 108 valence electrons. The summed E-state index contributed by atoms with van der Waals surface area (Å²) in [5.74, 6) is -2.79. The SMILES string of the molecule is Cc1cccc(C(=O)Nc2cccc(F)c2C(=O)O)c1I. The molecule has 2 rings (SSSR count). The number of hydrogen-bond donors (Lipinski definition) is 2. The predicted octanol–water partition coefficient (Wildman–Crippen LogP) is 3.69. The molecular weight excluding hydrogens is 388 g/mol. The molecule has 0 aliphatic heterocycles. The van der Waals surface area contributed by atoms with E-state index in [9.17, 15) is 14.0 Å². The van der Waals surface area contributed by atoms with E-state index in [-0.39, 0.29) is 5.69 Å². The quantitative estimate of drug-likeness (QED) is 0.774. The Morgan fingerprint density at radius 2 is 1.86 bits per heavy atom. The summed E-state index contributed by atoms with van der Waals surface area (Å²) in [6, 6.07) is 8.96. The van der Waals surface area contributed by atoms with E-state index < -0.39 is 23.3 Å². The third kappa shape index (κ3) is 3.21. The summed E-state index contributed by atoms with van der Waals surface area (Å²) in [6.07, 6.45) is 0. The summed E-state index contributed by atoms with van der Waals surface area (Å²) in [5.41, 5.74) is 0.732. The highest BCUT2D eigenvalue weighted by Gasteiger charge is 2.19. The van der Waals surface area contributed by atoms with Crippen molar-refractivity contribution in [1.29, 1.82) is 0 Å². The second-order valence-corrected chi connectivity index (χ2v) is 5.44. The molecule has 0 spiro atoms. The molecule has 2 N–H and O–H groups in total. The third-order valence-corrected chi connectivity index (χ3v) is 4.34. The number of carbonyl (C=O) groups is 2. The minimum absolute atomic E-state index is 0.0650. The molecule has 21 heavy (non-hydrogen) atoms. The van der Waals surface area contributed by atoms with E-state index in [0.29, 0.717) is 5.56 Å². The van der Waals surface area contributed by atoms with Gasteiger partial charge in [0.25, 0.3) is 5.91 Å². The zero-order valence-corrected chi connectivity index (χ0v) is 13.1. The van der Waals surface area contributed by atoms with Crippen molar-refractivity contribution in [2.24, 2.45) is 0 Å². The van der Waals surface area contributed by atoms with Crippen molar-refractivity contribution in [3.8, 4) is 0 Å². The van der Waals surface area contributed by atoms with Gasteiger partial charge in [-0.1, -0.05) is 18.2 Å². The first-order chi connectivity index (χ1) is 9.91. The molecule has 0 aliphatic carbocycles. The zero-order valence-electron chi connectivity index (χ0n) is 11.0. The molecule has 2 aromatic carbocycles. The normalized spacial score (nSPS) is 10.2. The van der Waals surface area contributed by atoms with E-state index in [2.05, 4.69) is 5.32 Å². The molecule has 0 unspecified atom stereocenters. The van der Waals surface area contributed by atoms with Crippen molar-refractivity contribution in [3.05, 3.63) is 62.5 Å². The number of benzene rings is 2. The number of carbonyl (C=O) groups excluding carboxylic acids is 1. The summed E-state index contributed by atoms with van der Waals surface area (Å²) in [5, 5.41) is 11.5. The van der Waals surface area contributed by atoms with Gasteiger partial charge in [0.2, 0.25) is 0 Å². The molecule has 0 radical (unpaired) electrons. The fraction of sp³-hybridized carbons (Fsp3) is 0.0667. The molecule has 0 aromatic heterocycles. The van der Waals surface area contributed by atoms with Gasteiger partial charge in [-0.05, 0) is 53.3 Å². The molecule has 0 saturated carbocycles. The fourth-order valence-electron chi connectivity index (χ4n) is 1.86. The van der Waals surface area contributed by atoms with E-state index in [4.69, 9.17) is 5.11 Å². The van der Waals surface area contributed by atoms with Crippen LogP contribution in [-0.2, 0) is 0 Å². The highest BCUT2D eigenvalue weighted by Crippen LogP contribution is 2.22. The van der Waals surface area contributed by atoms with Crippen LogP contribution in [0.4, 0.5) is 10.1 Å². The maximum Gasteiger partial charge on any atom is 0.340 e. The minimum atomic E-state index is -1.43. The van der Waals surface area contributed by atoms with Gasteiger partial charge in [0.05, 0.1) is 11.3 Å². The first kappa shape index (κ1) is 15.4. The van der Waals surface area contributed by atoms with Gasteiger partial charge in [0.15, 0.2) is 0 Å². The lowest BCUT2D eigenvalue weighted by atomic mass is 10.1. The van der Waals surface area contributed by atoms with Gasteiger partial charge in [-0.2, -0.15) is 0 Å². The van der Waals surface area contributed by atoms with E-state index in [1.165, 1.54) is 12.1 Å². The molecule has 0 saturated heterocycles. The number of amides is 1. The van der Waals surface area contributed by atoms with Crippen molar-refractivity contribution in [3.63, 3.8) is 0 Å². The Hall–Kier alpha value is -1.96. The van der Waals surface area contributed by atoms with E-state index >= 15 is 0 Å². The first-order valence-electron chi connectivity index (χ1n) is 6.00. The van der Waals surface area contributed by atoms with Gasteiger partial charge in [0, 0.05) is 3.57 Å². The second kappa shape index (κ2) is 6.21. The Morgan fingerprint density at radius 1 is 1.19 bits per heavy atom. The molecule has 0 fully saturated rings. The smallest absolute Gasteiger partial charge is 0.340 e. The van der Waals surface area contributed by atoms with Crippen molar-refractivity contribution in [1.82, 2.24) is 0 Å². The molecule has 0 bridgehead atoms. The van der Waals surface area contributed by atoms with E-state index in [0.717, 1.165) is 15.2 Å². The summed E-state index contributed by atoms with van der Waals surface area (Å²) >= 11 is 2.04. The van der Waals surface area contributed by atoms with Gasteiger partial charge in [-0.25, -0.2) is 9.18 Å². The first-order valence-corrected chi connectivity index (χ1v) is 7.08. The van der Waals surface area contributed by atoms with Crippen LogP contribution in [0.15, 0.2) is 36.4 Å². The molecule has 6 heteroatoms. The van der Waals surface area contributed by atoms with Crippen LogP contribution in [0, 0.1) is 16.3 Å². The van der Waals surface area contributed by atoms with Gasteiger partial charge in [-0.3, -0.25) is 4.79 Å². The lowest BCUT2D eigenvalue weighted by Crippen LogP contribution is -2.17. The lowest BCUT2D eigenvalue weighted by molar-refractivity contribution is 0.0693. The number of carboxylic acids is 1. The molecule has 0 heterocycles. The number of rotatable bonds is 3. The topological polar surface area (TPSA) is 66.4 Å². The van der Waals surface area contributed by atoms with Gasteiger partial charge in [0.1, 0.15) is 11.4 Å². The van der Waals surface area contributed by atoms with Gasteiger partial charge >= 0.3 is 5.97 Å². The van der Waals surface area contributed by atoms with Crippen LogP contribution in [0.1, 0.15) is 26.3 Å². The Kier molecular flexibility index (Phi) is 4.56. The Bertz CT molecular complexity index is 731. The number of anilines is 1. The maximum absolute atomic E-state index is 13.6. The van der Waals surface area contributed by atoms with Crippen LogP contribution in [0.5, 0.6) is 0 Å². The van der Waals surface area contributed by atoms with Crippen molar-refractivity contribution in [2.45, 2.75) is 6.92 Å². The van der Waals surface area contributed by atoms with Crippen molar-refractivity contribution >= 4 is 40.2 Å². The minimum Gasteiger partial charge on any atom is -0.478 e. The van der Waals surface area contributed by atoms with Crippen LogP contribution in [-0.4, -0.2) is 17.0 Å². The number of nitrogens with one attached hydrogen (secondary N) is 1. The number of aromatic carboxylic acids is 1. The summed E-state index contributed by atoms with van der Waals surface area (Å²) in [6.45, 7) is 1.86. The van der Waals surface area contributed by atoms with Crippen LogP contribution >= 0.6 is 22.6 Å². The second-order valence-electron chi connectivity index (χ2n) is 4.36. The maximum atomic E-state index is 13.6. The average molecular weight is 399 g/mol. The number of halogens is 2. The van der Waals surface area contributed by atoms with Crippen LogP contribution in [0.25, 0.3) is 0 Å². The van der Waals surface area contributed by atoms with E-state index in [1.54, 1.807) is 12.1 Å². The highest BCUT2D eigenvalue weighted by atomic mass is 127. The van der Waals surface area contributed by atoms with Crippen molar-refractivity contribution in [2.75, 3.05) is 5.32 Å². The van der Waals surface area contributed by atoms with Gasteiger partial charge < -0.3 is 10.4 Å². The Labute approximate surface area is 134 Å². The Balaban J connectivity index is 2.39. The number of carboxylic acid groups (broad SMARTS) is 1. The fourth-order valence-corrected chi connectivity index (χ4v) is 2.46. The van der Waals surface area contributed by atoms with Gasteiger partial charge in [-0.15, -0.1) is 0 Å². The molecule has 2 aromatic rings. The molecule has 0 atom stereocenters. The molecule has 4 nitrogen and oxygen atoms in total. The predicted molar refractivity (Wildman–Crippen MR) is 85.2 cm³/mol. The molecule has 0 aliphatic rings. The third-order valence-electron chi connectivity index (χ3n) is 2.91. The van der Waals surface area contributed by atoms with Crippen molar-refractivity contribution < 1.29 is 19.1 Å². The summed E-state index contributed by atoms with van der Waals surface area (Å²) < 4.78 is 14.3. The number of hydrogen-bond acceptors (Lipinski definition) is 2. The largest absolute Gasteiger partial charge is 0.478 e. The molecule has 1 amide bonds. The average Bonchev–Trinajstić information content (AvgIpc) is 2.41. The zero-order chi connectivity index (χ0) is 15.6. The highest BCUT2D eigenvalue weighted by molar-refractivity contribution is 14.1. The van der Waals surface area contributed by atoms with E-state index in [1.807, 2.05) is 35.6 Å². The lowest BCUT2D eigenvalue weighted by Gasteiger charge is -2.11. The van der Waals surface area contributed by atoms with Crippen LogP contribution < -0.4 is 5.32 Å². The summed E-state index contributed by atoms with van der Waals surface area (Å²) in [4.78, 5) is 23.3. The van der Waals surface area contributed by atoms with Crippen LogP contribution in [0.2, 0.25) is 0 Å². The van der Waals surface area contributed by atoms with Crippen LogP contribution in [0.3, 0.4) is 0 Å². The monoisotopic (exact) mass is 399 g/mol. The number of aryl methyl sites for hydroxylation is 1. The summed E-state index contributed by atoms with van der Waals surface area (Å²) in [7, 11) is 0.